The van der Waals surface area contributed by atoms with Crippen molar-refractivity contribution >= 4 is 12.0 Å². The topological polar surface area (TPSA) is 94.1 Å². The number of phenolic OH excluding ortho intramolecular Hbond substituents is 1. The van der Waals surface area contributed by atoms with E-state index in [1.807, 2.05) is 0 Å². The zero-order valence-corrected chi connectivity index (χ0v) is 12.3. The second-order valence-electron chi connectivity index (χ2n) is 4.60. The van der Waals surface area contributed by atoms with Gasteiger partial charge in [0.2, 0.25) is 0 Å². The summed E-state index contributed by atoms with van der Waals surface area (Å²) in [5, 5.41) is 28.0. The van der Waals surface area contributed by atoms with Crippen LogP contribution in [-0.4, -0.2) is 18.2 Å². The number of hydrogen-bond donors (Lipinski definition) is 1. The summed E-state index contributed by atoms with van der Waals surface area (Å²) < 4.78 is 4.68. The molecular weight excluding hydrogens is 292 g/mol. The highest BCUT2D eigenvalue weighted by Crippen LogP contribution is 2.33. The minimum atomic E-state index is -0.473. The molecule has 23 heavy (non-hydrogen) atoms. The number of rotatable bonds is 3. The summed E-state index contributed by atoms with van der Waals surface area (Å²) in [5.74, 6) is -0.545. The lowest BCUT2D eigenvalue weighted by atomic mass is 9.99. The Balaban J connectivity index is 2.55. The normalized spacial score (nSPS) is 9.35. The molecule has 0 amide bonds. The number of ether oxygens (including phenoxy) is 1. The number of aromatic hydroxyl groups is 1. The maximum absolute atomic E-state index is 11.6. The van der Waals surface area contributed by atoms with Gasteiger partial charge in [-0.05, 0) is 23.8 Å². The minimum absolute atomic E-state index is 0.0717. The molecule has 5 heteroatoms. The molecule has 0 fully saturated rings. The van der Waals surface area contributed by atoms with Crippen molar-refractivity contribution < 1.29 is 14.6 Å². The van der Waals surface area contributed by atoms with Crippen LogP contribution >= 0.6 is 0 Å². The first kappa shape index (κ1) is 15.8. The Kier molecular flexibility index (Phi) is 4.76. The summed E-state index contributed by atoms with van der Waals surface area (Å²) in [4.78, 5) is 11.6. The Hall–Kier alpha value is -3.57. The third kappa shape index (κ3) is 3.37. The van der Waals surface area contributed by atoms with Gasteiger partial charge < -0.3 is 9.84 Å². The molecule has 0 saturated carbocycles. The third-order valence-electron chi connectivity index (χ3n) is 3.20. The van der Waals surface area contributed by atoms with Gasteiger partial charge in [0.25, 0.3) is 0 Å². The molecule has 0 aliphatic rings. The SMILES string of the molecule is COC(=O)c1cccc(-c2cccc(C=C(C#N)C#N)c2O)c1. The predicted molar refractivity (Wildman–Crippen MR) is 84.1 cm³/mol. The van der Waals surface area contributed by atoms with Crippen LogP contribution in [0.15, 0.2) is 48.0 Å². The molecule has 0 unspecified atom stereocenters. The van der Waals surface area contributed by atoms with Gasteiger partial charge in [0.1, 0.15) is 23.5 Å². The van der Waals surface area contributed by atoms with Gasteiger partial charge in [-0.2, -0.15) is 10.5 Å². The van der Waals surface area contributed by atoms with Crippen LogP contribution in [0.1, 0.15) is 15.9 Å². The molecule has 0 radical (unpaired) electrons. The molecule has 0 spiro atoms. The van der Waals surface area contributed by atoms with Gasteiger partial charge in [0.15, 0.2) is 0 Å². The smallest absolute Gasteiger partial charge is 0.337 e. The van der Waals surface area contributed by atoms with Crippen LogP contribution in [0.3, 0.4) is 0 Å². The number of methoxy groups -OCH3 is 1. The first-order valence-corrected chi connectivity index (χ1v) is 6.63. The van der Waals surface area contributed by atoms with E-state index >= 15 is 0 Å². The average molecular weight is 304 g/mol. The van der Waals surface area contributed by atoms with Gasteiger partial charge in [0.05, 0.1) is 12.7 Å². The summed E-state index contributed by atoms with van der Waals surface area (Å²) in [5.41, 5.74) is 1.71. The molecule has 5 nitrogen and oxygen atoms in total. The lowest BCUT2D eigenvalue weighted by molar-refractivity contribution is 0.0601. The molecule has 112 valence electrons. The number of esters is 1. The summed E-state index contributed by atoms with van der Waals surface area (Å²) in [6.45, 7) is 0. The van der Waals surface area contributed by atoms with Gasteiger partial charge in [-0.3, -0.25) is 0 Å². The molecular formula is C18H12N2O3. The third-order valence-corrected chi connectivity index (χ3v) is 3.20. The first-order valence-electron chi connectivity index (χ1n) is 6.63. The fraction of sp³-hybridized carbons (Fsp3) is 0.0556. The predicted octanol–water partition coefficient (Wildman–Crippen LogP) is 3.28. The lowest BCUT2D eigenvalue weighted by Gasteiger charge is -2.09. The van der Waals surface area contributed by atoms with Crippen molar-refractivity contribution in [2.45, 2.75) is 0 Å². The Bertz CT molecular complexity index is 855. The van der Waals surface area contributed by atoms with E-state index in [1.54, 1.807) is 54.6 Å². The highest BCUT2D eigenvalue weighted by atomic mass is 16.5. The highest BCUT2D eigenvalue weighted by molar-refractivity contribution is 5.91. The van der Waals surface area contributed by atoms with E-state index < -0.39 is 5.97 Å². The second-order valence-corrected chi connectivity index (χ2v) is 4.60. The molecule has 0 heterocycles. The van der Waals surface area contributed by atoms with Gasteiger partial charge in [0, 0.05) is 11.1 Å². The van der Waals surface area contributed by atoms with Gasteiger partial charge >= 0.3 is 5.97 Å². The molecule has 0 aliphatic heterocycles. The van der Waals surface area contributed by atoms with Crippen molar-refractivity contribution in [2.24, 2.45) is 0 Å². The number of nitrogens with zero attached hydrogens (tertiary/aromatic N) is 2. The van der Waals surface area contributed by atoms with Crippen LogP contribution in [0, 0.1) is 22.7 Å². The summed E-state index contributed by atoms with van der Waals surface area (Å²) in [6.07, 6.45) is 1.31. The summed E-state index contributed by atoms with van der Waals surface area (Å²) >= 11 is 0. The maximum Gasteiger partial charge on any atom is 0.337 e. The molecule has 2 aromatic carbocycles. The molecule has 0 atom stereocenters. The molecule has 0 bridgehead atoms. The van der Waals surface area contributed by atoms with E-state index in [2.05, 4.69) is 4.74 Å². The van der Waals surface area contributed by atoms with E-state index in [0.717, 1.165) is 0 Å². The molecule has 2 aromatic rings. The van der Waals surface area contributed by atoms with Crippen molar-refractivity contribution in [3.63, 3.8) is 0 Å². The second kappa shape index (κ2) is 6.93. The van der Waals surface area contributed by atoms with Gasteiger partial charge in [-0.25, -0.2) is 4.79 Å². The van der Waals surface area contributed by atoms with E-state index in [4.69, 9.17) is 10.5 Å². The number of carbonyl (C=O) groups excluding carboxylic acids is 1. The van der Waals surface area contributed by atoms with E-state index in [-0.39, 0.29) is 11.3 Å². The fourth-order valence-electron chi connectivity index (χ4n) is 2.09. The zero-order chi connectivity index (χ0) is 16.8. The van der Waals surface area contributed by atoms with Gasteiger partial charge in [-0.1, -0.05) is 30.3 Å². The van der Waals surface area contributed by atoms with Crippen molar-refractivity contribution in [3.8, 4) is 29.0 Å². The average Bonchev–Trinajstić information content (AvgIpc) is 2.60. The largest absolute Gasteiger partial charge is 0.507 e. The van der Waals surface area contributed by atoms with Crippen LogP contribution in [-0.2, 0) is 4.74 Å². The van der Waals surface area contributed by atoms with Crippen molar-refractivity contribution in [3.05, 3.63) is 59.2 Å². The van der Waals surface area contributed by atoms with Crippen molar-refractivity contribution in [2.75, 3.05) is 7.11 Å². The quantitative estimate of drug-likeness (QED) is 0.693. The number of hydrogen-bond acceptors (Lipinski definition) is 5. The number of phenols is 1. The zero-order valence-electron chi connectivity index (χ0n) is 12.3. The van der Waals surface area contributed by atoms with Crippen LogP contribution in [0.2, 0.25) is 0 Å². The van der Waals surface area contributed by atoms with E-state index in [1.165, 1.54) is 13.2 Å². The number of benzene rings is 2. The molecule has 1 N–H and O–H groups in total. The standard InChI is InChI=1S/C18H12N2O3/c1-23-18(22)15-6-2-4-13(9-15)16-7-3-5-14(17(16)21)8-12(10-19)11-20/h2-9,21H,1H3. The monoisotopic (exact) mass is 304 g/mol. The van der Waals surface area contributed by atoms with E-state index in [9.17, 15) is 9.90 Å². The maximum atomic E-state index is 11.6. The fourth-order valence-corrected chi connectivity index (χ4v) is 2.09. The molecule has 2 rings (SSSR count). The Morgan fingerprint density at radius 1 is 1.17 bits per heavy atom. The summed E-state index contributed by atoms with van der Waals surface area (Å²) in [7, 11) is 1.29. The highest BCUT2D eigenvalue weighted by Gasteiger charge is 2.11. The van der Waals surface area contributed by atoms with Crippen LogP contribution in [0.5, 0.6) is 5.75 Å². The number of nitriles is 2. The minimum Gasteiger partial charge on any atom is -0.507 e. The van der Waals surface area contributed by atoms with Crippen LogP contribution < -0.4 is 0 Å². The van der Waals surface area contributed by atoms with E-state index in [0.29, 0.717) is 22.3 Å². The van der Waals surface area contributed by atoms with Crippen LogP contribution in [0.25, 0.3) is 17.2 Å². The Labute approximate surface area is 133 Å². The van der Waals surface area contributed by atoms with Crippen molar-refractivity contribution in [1.29, 1.82) is 10.5 Å². The number of para-hydroxylation sites is 1. The molecule has 0 aliphatic carbocycles. The number of allylic oxidation sites excluding steroid dienone is 1. The first-order chi connectivity index (χ1) is 11.1. The summed E-state index contributed by atoms with van der Waals surface area (Å²) in [6, 6.07) is 15.1. The Morgan fingerprint density at radius 3 is 2.52 bits per heavy atom. The number of carbonyl (C=O) groups is 1. The van der Waals surface area contributed by atoms with Gasteiger partial charge in [-0.15, -0.1) is 0 Å². The molecule has 0 aromatic heterocycles. The van der Waals surface area contributed by atoms with Crippen LogP contribution in [0.4, 0.5) is 0 Å². The molecule has 0 saturated heterocycles. The lowest BCUT2D eigenvalue weighted by Crippen LogP contribution is -2.00. The Morgan fingerprint density at radius 2 is 1.87 bits per heavy atom. The van der Waals surface area contributed by atoms with Crippen molar-refractivity contribution in [1.82, 2.24) is 0 Å².